The Hall–Kier alpha value is -3.34. The van der Waals surface area contributed by atoms with Crippen LogP contribution in [0.1, 0.15) is 22.5 Å². The number of hydrogen-bond acceptors (Lipinski definition) is 7. The van der Waals surface area contributed by atoms with Gasteiger partial charge >= 0.3 is 0 Å². The summed E-state index contributed by atoms with van der Waals surface area (Å²) in [5.74, 6) is -0.747. The fourth-order valence-corrected chi connectivity index (χ4v) is 3.96. The number of pyridine rings is 1. The molecule has 35 heavy (non-hydrogen) atoms. The first-order chi connectivity index (χ1) is 17.0. The lowest BCUT2D eigenvalue weighted by Crippen LogP contribution is -2.37. The maximum atomic E-state index is 13.4. The number of anilines is 2. The van der Waals surface area contributed by atoms with Crippen molar-refractivity contribution in [3.05, 3.63) is 77.9 Å². The van der Waals surface area contributed by atoms with Crippen molar-refractivity contribution in [2.24, 2.45) is 0 Å². The van der Waals surface area contributed by atoms with Crippen molar-refractivity contribution < 1.29 is 27.8 Å². The number of halogens is 2. The summed E-state index contributed by atoms with van der Waals surface area (Å²) in [4.78, 5) is 21.1. The average molecular weight is 487 g/mol. The Kier molecular flexibility index (Phi) is 8.40. The Morgan fingerprint density at radius 1 is 1.14 bits per heavy atom. The highest BCUT2D eigenvalue weighted by Crippen LogP contribution is 2.18. The zero-order valence-corrected chi connectivity index (χ0v) is 19.2. The Morgan fingerprint density at radius 3 is 2.69 bits per heavy atom. The second-order valence-electron chi connectivity index (χ2n) is 8.41. The van der Waals surface area contributed by atoms with Gasteiger partial charge in [-0.25, -0.2) is 13.8 Å². The summed E-state index contributed by atoms with van der Waals surface area (Å²) in [7, 11) is 0. The SMILES string of the molecule is O=C(Nc1ccc(N2CCCN(C[C@@H](O)COCc3ccco3)CC2)nc1)c1cc(F)cc(F)c1. The monoisotopic (exact) mass is 486 g/mol. The van der Waals surface area contributed by atoms with Gasteiger partial charge in [0, 0.05) is 37.8 Å². The van der Waals surface area contributed by atoms with E-state index in [1.807, 2.05) is 6.07 Å². The van der Waals surface area contributed by atoms with E-state index in [0.29, 0.717) is 24.9 Å². The number of aliphatic hydroxyl groups is 1. The molecule has 0 unspecified atom stereocenters. The summed E-state index contributed by atoms with van der Waals surface area (Å²) in [5, 5.41) is 12.9. The minimum atomic E-state index is -0.812. The molecule has 0 spiro atoms. The van der Waals surface area contributed by atoms with Crippen molar-refractivity contribution in [1.82, 2.24) is 9.88 Å². The zero-order chi connectivity index (χ0) is 24.6. The fourth-order valence-electron chi connectivity index (χ4n) is 3.96. The molecular formula is C25H28F2N4O4. The molecular weight excluding hydrogens is 458 g/mol. The molecule has 3 heterocycles. The quantitative estimate of drug-likeness (QED) is 0.480. The number of amides is 1. The number of benzene rings is 1. The minimum absolute atomic E-state index is 0.104. The van der Waals surface area contributed by atoms with Crippen molar-refractivity contribution in [2.75, 3.05) is 49.5 Å². The van der Waals surface area contributed by atoms with Crippen LogP contribution in [-0.4, -0.2) is 66.3 Å². The van der Waals surface area contributed by atoms with Crippen molar-refractivity contribution in [3.8, 4) is 0 Å². The molecule has 2 N–H and O–H groups in total. The normalized spacial score (nSPS) is 15.6. The fraction of sp³-hybridized carbons (Fsp3) is 0.360. The Morgan fingerprint density at radius 2 is 1.97 bits per heavy atom. The Balaban J connectivity index is 1.24. The average Bonchev–Trinajstić information content (AvgIpc) is 3.24. The van der Waals surface area contributed by atoms with Crippen LogP contribution >= 0.6 is 0 Å². The van der Waals surface area contributed by atoms with E-state index in [-0.39, 0.29) is 12.2 Å². The molecule has 0 saturated carbocycles. The van der Waals surface area contributed by atoms with Gasteiger partial charge in [0.25, 0.3) is 5.91 Å². The van der Waals surface area contributed by atoms with Gasteiger partial charge in [0.15, 0.2) is 0 Å². The summed E-state index contributed by atoms with van der Waals surface area (Å²) in [6.45, 7) is 4.25. The smallest absolute Gasteiger partial charge is 0.255 e. The van der Waals surface area contributed by atoms with E-state index in [1.54, 1.807) is 24.5 Å². The standard InChI is InChI=1S/C25H28F2N4O4/c26-19-11-18(12-20(27)13-19)25(33)29-21-4-5-24(28-14-21)31-7-2-6-30(8-9-31)15-22(32)16-34-17-23-3-1-10-35-23/h1,3-5,10-14,22,32H,2,6-9,15-17H2,(H,29,33)/t22-/m1/s1. The van der Waals surface area contributed by atoms with Crippen LogP contribution in [0, 0.1) is 11.6 Å². The molecule has 1 aromatic carbocycles. The van der Waals surface area contributed by atoms with Gasteiger partial charge in [0.05, 0.1) is 30.9 Å². The van der Waals surface area contributed by atoms with Crippen LogP contribution < -0.4 is 10.2 Å². The first-order valence-corrected chi connectivity index (χ1v) is 11.5. The third-order valence-corrected chi connectivity index (χ3v) is 5.65. The van der Waals surface area contributed by atoms with Crippen molar-refractivity contribution in [1.29, 1.82) is 0 Å². The molecule has 1 aliphatic rings. The minimum Gasteiger partial charge on any atom is -0.467 e. The molecule has 3 aromatic rings. The van der Waals surface area contributed by atoms with Crippen molar-refractivity contribution in [3.63, 3.8) is 0 Å². The van der Waals surface area contributed by atoms with Gasteiger partial charge in [0.2, 0.25) is 0 Å². The number of ether oxygens (including phenoxy) is 1. The van der Waals surface area contributed by atoms with Crippen molar-refractivity contribution >= 4 is 17.4 Å². The van der Waals surface area contributed by atoms with Gasteiger partial charge < -0.3 is 24.5 Å². The molecule has 1 aliphatic heterocycles. The van der Waals surface area contributed by atoms with Crippen molar-refractivity contribution in [2.45, 2.75) is 19.1 Å². The third kappa shape index (κ3) is 7.32. The molecule has 0 bridgehead atoms. The maximum absolute atomic E-state index is 13.4. The highest BCUT2D eigenvalue weighted by molar-refractivity contribution is 6.04. The lowest BCUT2D eigenvalue weighted by molar-refractivity contribution is 0.00605. The number of nitrogens with one attached hydrogen (secondary N) is 1. The van der Waals surface area contributed by atoms with E-state index in [1.165, 1.54) is 6.20 Å². The number of furan rings is 1. The van der Waals surface area contributed by atoms with Crippen LogP contribution in [0.3, 0.4) is 0 Å². The molecule has 0 radical (unpaired) electrons. The Bertz CT molecular complexity index is 1080. The summed E-state index contributed by atoms with van der Waals surface area (Å²) < 4.78 is 37.5. The summed E-state index contributed by atoms with van der Waals surface area (Å²) in [6, 6.07) is 9.80. The number of rotatable bonds is 9. The van der Waals surface area contributed by atoms with Gasteiger partial charge in [-0.05, 0) is 49.4 Å². The molecule has 1 atom stereocenters. The van der Waals surface area contributed by atoms with E-state index in [4.69, 9.17) is 9.15 Å². The molecule has 8 nitrogen and oxygen atoms in total. The second-order valence-corrected chi connectivity index (χ2v) is 8.41. The van der Waals surface area contributed by atoms with Gasteiger partial charge in [0.1, 0.15) is 29.8 Å². The lowest BCUT2D eigenvalue weighted by atomic mass is 10.2. The van der Waals surface area contributed by atoms with E-state index in [2.05, 4.69) is 20.1 Å². The number of aliphatic hydroxyl groups excluding tert-OH is 1. The van der Waals surface area contributed by atoms with Crippen LogP contribution in [0.25, 0.3) is 0 Å². The van der Waals surface area contributed by atoms with Gasteiger partial charge in [-0.2, -0.15) is 0 Å². The molecule has 1 amide bonds. The number of hydrogen-bond donors (Lipinski definition) is 2. The lowest BCUT2D eigenvalue weighted by Gasteiger charge is -2.24. The first kappa shape index (κ1) is 24.8. The van der Waals surface area contributed by atoms with Crippen LogP contribution in [0.5, 0.6) is 0 Å². The molecule has 2 aromatic heterocycles. The van der Waals surface area contributed by atoms with E-state index in [0.717, 1.165) is 56.3 Å². The number of aromatic nitrogens is 1. The molecule has 1 fully saturated rings. The molecule has 0 aliphatic carbocycles. The zero-order valence-electron chi connectivity index (χ0n) is 19.2. The number of β-amino-alcohol motifs (C(OH)–C–C–N with tert-alkyl or cyclic N) is 1. The summed E-state index contributed by atoms with van der Waals surface area (Å²) in [5.41, 5.74) is 0.324. The number of nitrogens with zero attached hydrogens (tertiary/aromatic N) is 3. The summed E-state index contributed by atoms with van der Waals surface area (Å²) >= 11 is 0. The molecule has 10 heteroatoms. The molecule has 4 rings (SSSR count). The van der Waals surface area contributed by atoms with E-state index < -0.39 is 23.6 Å². The number of carbonyl (C=O) groups is 1. The highest BCUT2D eigenvalue weighted by atomic mass is 19.1. The first-order valence-electron chi connectivity index (χ1n) is 11.5. The predicted molar refractivity (Wildman–Crippen MR) is 126 cm³/mol. The van der Waals surface area contributed by atoms with E-state index in [9.17, 15) is 18.7 Å². The highest BCUT2D eigenvalue weighted by Gasteiger charge is 2.19. The predicted octanol–water partition coefficient (Wildman–Crippen LogP) is 3.29. The summed E-state index contributed by atoms with van der Waals surface area (Å²) in [6.07, 6.45) is 3.42. The maximum Gasteiger partial charge on any atom is 0.255 e. The topological polar surface area (TPSA) is 91.1 Å². The van der Waals surface area contributed by atoms with Gasteiger partial charge in [-0.15, -0.1) is 0 Å². The van der Waals surface area contributed by atoms with Crippen LogP contribution in [-0.2, 0) is 11.3 Å². The van der Waals surface area contributed by atoms with Gasteiger partial charge in [-0.1, -0.05) is 0 Å². The Labute approximate surface area is 202 Å². The van der Waals surface area contributed by atoms with Gasteiger partial charge in [-0.3, -0.25) is 9.69 Å². The van der Waals surface area contributed by atoms with Crippen LogP contribution in [0.2, 0.25) is 0 Å². The van der Waals surface area contributed by atoms with Crippen LogP contribution in [0.15, 0.2) is 59.3 Å². The largest absolute Gasteiger partial charge is 0.467 e. The molecule has 186 valence electrons. The van der Waals surface area contributed by atoms with E-state index >= 15 is 0 Å². The van der Waals surface area contributed by atoms with Crippen LogP contribution in [0.4, 0.5) is 20.3 Å². The third-order valence-electron chi connectivity index (χ3n) is 5.65. The molecule has 1 saturated heterocycles. The number of carbonyl (C=O) groups excluding carboxylic acids is 1. The second kappa shape index (κ2) is 11.9.